The lowest BCUT2D eigenvalue weighted by Crippen LogP contribution is -2.35. The molecular weight excluding hydrogens is 250 g/mol. The van der Waals surface area contributed by atoms with Crippen LogP contribution < -0.4 is 0 Å². The molecule has 2 amide bonds. The lowest BCUT2D eigenvalue weighted by Gasteiger charge is -2.24. The van der Waals surface area contributed by atoms with E-state index in [2.05, 4.69) is 12.2 Å². The molecule has 1 aromatic carbocycles. The predicted molar refractivity (Wildman–Crippen MR) is 74.4 cm³/mol. The standard InChI is InChI=1S/C17H17NO2/c1-10(11-5-3-2-4-6-11)18-16(19)14-12-7-8-13(9-12)15(14)17(18)20/h2-8,10,12-15H,9H2,1H3/t10-,12-,13+,14-,15+/m1/s1. The zero-order chi connectivity index (χ0) is 13.9. The van der Waals surface area contributed by atoms with Gasteiger partial charge in [-0.1, -0.05) is 42.5 Å². The summed E-state index contributed by atoms with van der Waals surface area (Å²) >= 11 is 0. The fourth-order valence-corrected chi connectivity index (χ4v) is 4.19. The average Bonchev–Trinajstić information content (AvgIpc) is 3.14. The first-order chi connectivity index (χ1) is 9.68. The van der Waals surface area contributed by atoms with Crippen LogP contribution in [0.3, 0.4) is 0 Å². The first-order valence-electron chi connectivity index (χ1n) is 7.28. The van der Waals surface area contributed by atoms with Crippen molar-refractivity contribution in [1.29, 1.82) is 0 Å². The lowest BCUT2D eigenvalue weighted by molar-refractivity contribution is -0.143. The zero-order valence-electron chi connectivity index (χ0n) is 11.4. The molecule has 1 aromatic rings. The molecule has 4 rings (SSSR count). The molecule has 1 aliphatic heterocycles. The molecule has 1 heterocycles. The number of carbonyl (C=O) groups is 2. The Labute approximate surface area is 118 Å². The van der Waals surface area contributed by atoms with Gasteiger partial charge < -0.3 is 0 Å². The van der Waals surface area contributed by atoms with Crippen LogP contribution in [0.5, 0.6) is 0 Å². The van der Waals surface area contributed by atoms with Gasteiger partial charge in [-0.05, 0) is 30.7 Å². The third kappa shape index (κ3) is 1.41. The third-order valence-electron chi connectivity index (χ3n) is 5.17. The van der Waals surface area contributed by atoms with E-state index in [4.69, 9.17) is 0 Å². The Morgan fingerprint density at radius 2 is 1.55 bits per heavy atom. The maximum atomic E-state index is 12.7. The predicted octanol–water partition coefficient (Wildman–Crippen LogP) is 2.55. The lowest BCUT2D eigenvalue weighted by atomic mass is 9.85. The Kier molecular flexibility index (Phi) is 2.40. The summed E-state index contributed by atoms with van der Waals surface area (Å²) in [7, 11) is 0. The van der Waals surface area contributed by atoms with E-state index in [1.807, 2.05) is 37.3 Å². The summed E-state index contributed by atoms with van der Waals surface area (Å²) in [4.78, 5) is 26.9. The quantitative estimate of drug-likeness (QED) is 0.610. The summed E-state index contributed by atoms with van der Waals surface area (Å²) in [5, 5.41) is 0. The SMILES string of the molecule is C[C@H](c1ccccc1)N1C(=O)[C@@H]2[C@H](C1=O)[C@@H]1C=C[C@H]2C1. The number of hydrogen-bond acceptors (Lipinski definition) is 2. The highest BCUT2D eigenvalue weighted by Crippen LogP contribution is 2.53. The van der Waals surface area contributed by atoms with E-state index in [1.165, 1.54) is 4.90 Å². The van der Waals surface area contributed by atoms with E-state index < -0.39 is 0 Å². The second-order valence-corrected chi connectivity index (χ2v) is 6.13. The van der Waals surface area contributed by atoms with Crippen LogP contribution in [0, 0.1) is 23.7 Å². The van der Waals surface area contributed by atoms with Crippen molar-refractivity contribution in [3.05, 3.63) is 48.0 Å². The zero-order valence-corrected chi connectivity index (χ0v) is 11.4. The van der Waals surface area contributed by atoms with Gasteiger partial charge in [0, 0.05) is 0 Å². The van der Waals surface area contributed by atoms with Gasteiger partial charge in [-0.15, -0.1) is 0 Å². The summed E-state index contributed by atoms with van der Waals surface area (Å²) in [5.74, 6) is 0.456. The molecule has 0 spiro atoms. The second-order valence-electron chi connectivity index (χ2n) is 6.13. The number of amides is 2. The van der Waals surface area contributed by atoms with Crippen molar-refractivity contribution in [2.24, 2.45) is 23.7 Å². The molecule has 20 heavy (non-hydrogen) atoms. The first-order valence-corrected chi connectivity index (χ1v) is 7.28. The van der Waals surface area contributed by atoms with Crippen molar-refractivity contribution < 1.29 is 9.59 Å². The van der Waals surface area contributed by atoms with E-state index in [1.54, 1.807) is 0 Å². The molecule has 1 saturated heterocycles. The Morgan fingerprint density at radius 1 is 1.00 bits per heavy atom. The van der Waals surface area contributed by atoms with E-state index in [0.29, 0.717) is 0 Å². The van der Waals surface area contributed by atoms with Crippen molar-refractivity contribution in [1.82, 2.24) is 4.90 Å². The Hall–Kier alpha value is -1.90. The number of rotatable bonds is 2. The van der Waals surface area contributed by atoms with Gasteiger partial charge in [0.25, 0.3) is 0 Å². The molecule has 3 nitrogen and oxygen atoms in total. The summed E-state index contributed by atoms with van der Waals surface area (Å²) in [5.41, 5.74) is 1.02. The number of fused-ring (bicyclic) bond motifs is 5. The molecular formula is C17H17NO2. The molecule has 3 aliphatic rings. The van der Waals surface area contributed by atoms with E-state index in [-0.39, 0.29) is 41.5 Å². The molecule has 2 aliphatic carbocycles. The highest BCUT2D eigenvalue weighted by molar-refractivity contribution is 6.06. The molecule has 0 aromatic heterocycles. The number of benzene rings is 1. The third-order valence-corrected chi connectivity index (χ3v) is 5.17. The summed E-state index contributed by atoms with van der Waals surface area (Å²) in [6, 6.07) is 9.63. The molecule has 0 N–H and O–H groups in total. The number of imide groups is 1. The van der Waals surface area contributed by atoms with Gasteiger partial charge in [-0.3, -0.25) is 14.5 Å². The first kappa shape index (κ1) is 11.9. The van der Waals surface area contributed by atoms with Gasteiger partial charge >= 0.3 is 0 Å². The largest absolute Gasteiger partial charge is 0.275 e. The molecule has 0 radical (unpaired) electrons. The highest BCUT2D eigenvalue weighted by atomic mass is 16.2. The molecule has 1 saturated carbocycles. The number of carbonyl (C=O) groups excluding carboxylic acids is 2. The minimum Gasteiger partial charge on any atom is -0.275 e. The maximum Gasteiger partial charge on any atom is 0.234 e. The molecule has 2 fully saturated rings. The Balaban J connectivity index is 1.68. The fourth-order valence-electron chi connectivity index (χ4n) is 4.19. The van der Waals surface area contributed by atoms with E-state index in [9.17, 15) is 9.59 Å². The topological polar surface area (TPSA) is 37.4 Å². The van der Waals surface area contributed by atoms with Crippen LogP contribution in [0.1, 0.15) is 24.9 Å². The van der Waals surface area contributed by atoms with Crippen LogP contribution in [-0.2, 0) is 9.59 Å². The van der Waals surface area contributed by atoms with E-state index >= 15 is 0 Å². The van der Waals surface area contributed by atoms with Crippen LogP contribution in [-0.4, -0.2) is 16.7 Å². The van der Waals surface area contributed by atoms with Gasteiger partial charge in [0.05, 0.1) is 17.9 Å². The van der Waals surface area contributed by atoms with Crippen LogP contribution in [0.4, 0.5) is 0 Å². The summed E-state index contributed by atoms with van der Waals surface area (Å²) < 4.78 is 0. The van der Waals surface area contributed by atoms with Crippen molar-refractivity contribution in [3.8, 4) is 0 Å². The molecule has 3 heteroatoms. The molecule has 102 valence electrons. The van der Waals surface area contributed by atoms with Gasteiger partial charge in [-0.2, -0.15) is 0 Å². The van der Waals surface area contributed by atoms with Gasteiger partial charge in [0.15, 0.2) is 0 Å². The van der Waals surface area contributed by atoms with Crippen molar-refractivity contribution in [2.45, 2.75) is 19.4 Å². The minimum absolute atomic E-state index is 0.0354. The van der Waals surface area contributed by atoms with Gasteiger partial charge in [0.1, 0.15) is 0 Å². The van der Waals surface area contributed by atoms with Crippen LogP contribution in [0.25, 0.3) is 0 Å². The van der Waals surface area contributed by atoms with Crippen LogP contribution in [0.15, 0.2) is 42.5 Å². The van der Waals surface area contributed by atoms with E-state index in [0.717, 1.165) is 12.0 Å². The Bertz CT molecular complexity index is 577. The summed E-state index contributed by atoms with van der Waals surface area (Å²) in [6.45, 7) is 1.95. The average molecular weight is 267 g/mol. The number of hydrogen-bond donors (Lipinski definition) is 0. The van der Waals surface area contributed by atoms with Crippen LogP contribution >= 0.6 is 0 Å². The second kappa shape index (κ2) is 4.05. The number of allylic oxidation sites excluding steroid dienone is 2. The molecule has 5 atom stereocenters. The minimum atomic E-state index is -0.166. The number of likely N-dealkylation sites (tertiary alicyclic amines) is 1. The monoisotopic (exact) mass is 267 g/mol. The number of nitrogens with zero attached hydrogens (tertiary/aromatic N) is 1. The fraction of sp³-hybridized carbons (Fsp3) is 0.412. The van der Waals surface area contributed by atoms with Crippen molar-refractivity contribution in [3.63, 3.8) is 0 Å². The molecule has 0 unspecified atom stereocenters. The van der Waals surface area contributed by atoms with Gasteiger partial charge in [0.2, 0.25) is 11.8 Å². The maximum absolute atomic E-state index is 12.7. The van der Waals surface area contributed by atoms with Gasteiger partial charge in [-0.25, -0.2) is 0 Å². The Morgan fingerprint density at radius 3 is 2.10 bits per heavy atom. The smallest absolute Gasteiger partial charge is 0.234 e. The van der Waals surface area contributed by atoms with Crippen molar-refractivity contribution in [2.75, 3.05) is 0 Å². The summed E-state index contributed by atoms with van der Waals surface area (Å²) in [6.07, 6.45) is 5.25. The highest BCUT2D eigenvalue weighted by Gasteiger charge is 2.60. The normalized spacial score (nSPS) is 35.8. The van der Waals surface area contributed by atoms with Crippen LogP contribution in [0.2, 0.25) is 0 Å². The van der Waals surface area contributed by atoms with Crippen molar-refractivity contribution >= 4 is 11.8 Å². The molecule has 2 bridgehead atoms.